The molecule has 2 aromatic rings. The third-order valence-electron chi connectivity index (χ3n) is 6.46. The van der Waals surface area contributed by atoms with E-state index in [4.69, 9.17) is 0 Å². The fourth-order valence-corrected chi connectivity index (χ4v) is 4.80. The van der Waals surface area contributed by atoms with Crippen LogP contribution in [0.1, 0.15) is 37.3 Å². The summed E-state index contributed by atoms with van der Waals surface area (Å²) in [5.74, 6) is 0.273. The van der Waals surface area contributed by atoms with Crippen LogP contribution in [-0.2, 0) is 23.1 Å². The van der Waals surface area contributed by atoms with Gasteiger partial charge < -0.3 is 9.80 Å². The van der Waals surface area contributed by atoms with E-state index in [1.165, 1.54) is 11.1 Å². The van der Waals surface area contributed by atoms with E-state index in [9.17, 15) is 9.59 Å². The third kappa shape index (κ3) is 4.07. The van der Waals surface area contributed by atoms with Crippen molar-refractivity contribution in [2.45, 2.75) is 32.6 Å². The topological polar surface area (TPSA) is 58.4 Å². The Bertz CT molecular complexity index is 889. The molecule has 29 heavy (non-hydrogen) atoms. The van der Waals surface area contributed by atoms with Crippen LogP contribution in [0.5, 0.6) is 0 Å². The molecular weight excluding hydrogens is 364 g/mol. The van der Waals surface area contributed by atoms with Crippen LogP contribution >= 0.6 is 0 Å². The van der Waals surface area contributed by atoms with Gasteiger partial charge in [-0.15, -0.1) is 0 Å². The van der Waals surface area contributed by atoms with Crippen molar-refractivity contribution in [1.29, 1.82) is 0 Å². The molecule has 2 saturated heterocycles. The molecule has 2 atom stereocenters. The molecule has 1 aromatic heterocycles. The van der Waals surface area contributed by atoms with E-state index >= 15 is 0 Å². The average Bonchev–Trinajstić information content (AvgIpc) is 3.37. The van der Waals surface area contributed by atoms with E-state index < -0.39 is 0 Å². The second kappa shape index (κ2) is 7.65. The molecule has 0 aliphatic carbocycles. The van der Waals surface area contributed by atoms with Crippen molar-refractivity contribution in [3.8, 4) is 0 Å². The zero-order chi connectivity index (χ0) is 20.6. The molecule has 4 rings (SSSR count). The number of aromatic nitrogens is 2. The molecular formula is C23H30N4O2. The van der Waals surface area contributed by atoms with E-state index in [2.05, 4.69) is 31.1 Å². The molecule has 2 aliphatic heterocycles. The first-order chi connectivity index (χ1) is 13.8. The van der Waals surface area contributed by atoms with Crippen molar-refractivity contribution in [3.05, 3.63) is 53.9 Å². The van der Waals surface area contributed by atoms with Crippen molar-refractivity contribution >= 4 is 11.8 Å². The highest BCUT2D eigenvalue weighted by Crippen LogP contribution is 2.43. The Hall–Kier alpha value is -2.63. The third-order valence-corrected chi connectivity index (χ3v) is 6.46. The minimum Gasteiger partial charge on any atom is -0.342 e. The number of benzene rings is 1. The molecule has 2 aliphatic rings. The molecule has 6 heteroatoms. The Labute approximate surface area is 172 Å². The number of carbonyl (C=O) groups is 2. The van der Waals surface area contributed by atoms with Gasteiger partial charge in [0.1, 0.15) is 0 Å². The largest absolute Gasteiger partial charge is 0.342 e. The summed E-state index contributed by atoms with van der Waals surface area (Å²) in [5, 5.41) is 4.30. The minimum absolute atomic E-state index is 0.00565. The molecule has 1 aromatic carbocycles. The monoisotopic (exact) mass is 394 g/mol. The van der Waals surface area contributed by atoms with Crippen LogP contribution in [0.25, 0.3) is 0 Å². The van der Waals surface area contributed by atoms with Crippen LogP contribution in [0.4, 0.5) is 0 Å². The van der Waals surface area contributed by atoms with Crippen molar-refractivity contribution in [2.75, 3.05) is 26.2 Å². The van der Waals surface area contributed by atoms with Crippen molar-refractivity contribution in [2.24, 2.45) is 18.4 Å². The number of hydrogen-bond acceptors (Lipinski definition) is 3. The molecule has 0 N–H and O–H groups in total. The smallest absolute Gasteiger partial charge is 0.228 e. The summed E-state index contributed by atoms with van der Waals surface area (Å²) in [6.45, 7) is 7.07. The Morgan fingerprint density at radius 1 is 1.21 bits per heavy atom. The van der Waals surface area contributed by atoms with Crippen LogP contribution in [-0.4, -0.2) is 57.6 Å². The Kier molecular flexibility index (Phi) is 5.19. The zero-order valence-electron chi connectivity index (χ0n) is 17.5. The van der Waals surface area contributed by atoms with E-state index in [-0.39, 0.29) is 29.1 Å². The fraction of sp³-hybridized carbons (Fsp3) is 0.522. The molecule has 6 nitrogen and oxygen atoms in total. The van der Waals surface area contributed by atoms with Gasteiger partial charge in [0.2, 0.25) is 11.8 Å². The number of nitrogens with zero attached hydrogens (tertiary/aromatic N) is 4. The van der Waals surface area contributed by atoms with E-state index in [0.717, 1.165) is 13.0 Å². The number of likely N-dealkylation sites (tertiary alicyclic amines) is 2. The Balaban J connectivity index is 1.38. The molecule has 3 heterocycles. The maximum absolute atomic E-state index is 13.2. The molecule has 154 valence electrons. The first kappa shape index (κ1) is 19.7. The standard InChI is InChI=1S/C23H30N4O2/c1-23(2)16-27(15-20(23)19-12-24-25(3)13-19)22(29)18-11-21(28)26(14-18)10-9-17-7-5-4-6-8-17/h4-8,12-13,18,20H,9-11,14-16H2,1-3H3. The normalized spacial score (nSPS) is 23.8. The lowest BCUT2D eigenvalue weighted by Crippen LogP contribution is -2.37. The van der Waals surface area contributed by atoms with Crippen LogP contribution < -0.4 is 0 Å². The molecule has 2 fully saturated rings. The quantitative estimate of drug-likeness (QED) is 0.783. The predicted octanol–water partition coefficient (Wildman–Crippen LogP) is 2.46. The predicted molar refractivity (Wildman–Crippen MR) is 111 cm³/mol. The summed E-state index contributed by atoms with van der Waals surface area (Å²) < 4.78 is 1.82. The highest BCUT2D eigenvalue weighted by Gasteiger charge is 2.45. The number of rotatable bonds is 5. The molecule has 0 radical (unpaired) electrons. The van der Waals surface area contributed by atoms with Crippen LogP contribution in [0, 0.1) is 11.3 Å². The van der Waals surface area contributed by atoms with Gasteiger partial charge in [-0.25, -0.2) is 0 Å². The second-order valence-corrected chi connectivity index (χ2v) is 9.18. The highest BCUT2D eigenvalue weighted by molar-refractivity contribution is 5.89. The van der Waals surface area contributed by atoms with Gasteiger partial charge in [0.15, 0.2) is 0 Å². The molecule has 0 bridgehead atoms. The fourth-order valence-electron chi connectivity index (χ4n) is 4.80. The molecule has 2 unspecified atom stereocenters. The summed E-state index contributed by atoms with van der Waals surface area (Å²) in [5.41, 5.74) is 2.39. The van der Waals surface area contributed by atoms with Crippen LogP contribution in [0.15, 0.2) is 42.7 Å². The lowest BCUT2D eigenvalue weighted by Gasteiger charge is -2.24. The molecule has 2 amide bonds. The van der Waals surface area contributed by atoms with Gasteiger partial charge in [-0.05, 0) is 23.0 Å². The van der Waals surface area contributed by atoms with E-state index in [1.54, 1.807) is 0 Å². The number of aryl methyl sites for hydroxylation is 1. The first-order valence-corrected chi connectivity index (χ1v) is 10.4. The van der Waals surface area contributed by atoms with Gasteiger partial charge in [0, 0.05) is 51.8 Å². The number of hydrogen-bond donors (Lipinski definition) is 0. The van der Waals surface area contributed by atoms with Crippen LogP contribution in [0.3, 0.4) is 0 Å². The van der Waals surface area contributed by atoms with E-state index in [1.807, 2.05) is 52.1 Å². The van der Waals surface area contributed by atoms with E-state index in [0.29, 0.717) is 26.1 Å². The summed E-state index contributed by atoms with van der Waals surface area (Å²) in [6, 6.07) is 10.2. The number of amides is 2. The van der Waals surface area contributed by atoms with Crippen molar-refractivity contribution in [3.63, 3.8) is 0 Å². The van der Waals surface area contributed by atoms with Gasteiger partial charge in [0.25, 0.3) is 0 Å². The second-order valence-electron chi connectivity index (χ2n) is 9.18. The summed E-state index contributed by atoms with van der Waals surface area (Å²) in [6.07, 6.45) is 5.12. The molecule has 0 saturated carbocycles. The SMILES string of the molecule is Cn1cc(C2CN(C(=O)C3CC(=O)N(CCc4ccccc4)C3)CC2(C)C)cn1. The molecule has 0 spiro atoms. The summed E-state index contributed by atoms with van der Waals surface area (Å²) in [4.78, 5) is 29.5. The minimum atomic E-state index is -0.221. The van der Waals surface area contributed by atoms with Gasteiger partial charge in [-0.3, -0.25) is 14.3 Å². The first-order valence-electron chi connectivity index (χ1n) is 10.4. The maximum atomic E-state index is 13.2. The Morgan fingerprint density at radius 3 is 2.66 bits per heavy atom. The summed E-state index contributed by atoms with van der Waals surface area (Å²) in [7, 11) is 1.92. The van der Waals surface area contributed by atoms with Gasteiger partial charge in [-0.2, -0.15) is 5.10 Å². The Morgan fingerprint density at radius 2 is 1.97 bits per heavy atom. The lowest BCUT2D eigenvalue weighted by atomic mass is 9.79. The van der Waals surface area contributed by atoms with Gasteiger partial charge >= 0.3 is 0 Å². The van der Waals surface area contributed by atoms with Gasteiger partial charge in [-0.1, -0.05) is 44.2 Å². The average molecular weight is 395 g/mol. The zero-order valence-corrected chi connectivity index (χ0v) is 17.5. The van der Waals surface area contributed by atoms with Gasteiger partial charge in [0.05, 0.1) is 12.1 Å². The maximum Gasteiger partial charge on any atom is 0.228 e. The van der Waals surface area contributed by atoms with Crippen LogP contribution in [0.2, 0.25) is 0 Å². The van der Waals surface area contributed by atoms with Crippen molar-refractivity contribution in [1.82, 2.24) is 19.6 Å². The number of carbonyl (C=O) groups excluding carboxylic acids is 2. The summed E-state index contributed by atoms with van der Waals surface area (Å²) >= 11 is 0. The highest BCUT2D eigenvalue weighted by atomic mass is 16.2. The van der Waals surface area contributed by atoms with Crippen molar-refractivity contribution < 1.29 is 9.59 Å². The lowest BCUT2D eigenvalue weighted by molar-refractivity contribution is -0.135.